The number of alkyl halides is 2. The van der Waals surface area contributed by atoms with E-state index in [4.69, 9.17) is 0 Å². The van der Waals surface area contributed by atoms with E-state index in [1.54, 1.807) is 12.1 Å². The molecule has 0 saturated carbocycles. The van der Waals surface area contributed by atoms with Gasteiger partial charge in [0.15, 0.2) is 0 Å². The number of halogens is 2. The fraction of sp³-hybridized carbons (Fsp3) is 0.500. The number of hydrogen-bond donors (Lipinski definition) is 2. The summed E-state index contributed by atoms with van der Waals surface area (Å²) in [4.78, 5) is 12.3. The standard InChI is InChI=1S/C14H18F2N2O2/c1-2-14(8-3-9-17-14)12(19)18-10-4-6-11(7-5-10)20-13(15)16/h4-7,13,17H,2-3,8-9H2,1H3,(H,18,19). The summed E-state index contributed by atoms with van der Waals surface area (Å²) in [7, 11) is 0. The maximum atomic E-state index is 12.3. The molecule has 1 unspecified atom stereocenters. The first-order valence-electron chi connectivity index (χ1n) is 6.67. The summed E-state index contributed by atoms with van der Waals surface area (Å²) in [5.41, 5.74) is 0.0520. The Labute approximate surface area is 116 Å². The van der Waals surface area contributed by atoms with Crippen LogP contribution in [-0.2, 0) is 4.79 Å². The highest BCUT2D eigenvalue weighted by atomic mass is 19.3. The van der Waals surface area contributed by atoms with Gasteiger partial charge in [-0.1, -0.05) is 6.92 Å². The monoisotopic (exact) mass is 284 g/mol. The Kier molecular flexibility index (Phi) is 4.54. The molecule has 1 fully saturated rings. The average Bonchev–Trinajstić information content (AvgIpc) is 2.90. The summed E-state index contributed by atoms with van der Waals surface area (Å²) in [6, 6.07) is 5.91. The van der Waals surface area contributed by atoms with Gasteiger partial charge in [0.25, 0.3) is 0 Å². The molecule has 20 heavy (non-hydrogen) atoms. The molecule has 6 heteroatoms. The topological polar surface area (TPSA) is 50.4 Å². The van der Waals surface area contributed by atoms with Crippen LogP contribution in [0.4, 0.5) is 14.5 Å². The van der Waals surface area contributed by atoms with E-state index in [0.717, 1.165) is 19.4 Å². The van der Waals surface area contributed by atoms with Gasteiger partial charge >= 0.3 is 6.61 Å². The van der Waals surface area contributed by atoms with Gasteiger partial charge in [0, 0.05) is 5.69 Å². The number of nitrogens with one attached hydrogen (secondary N) is 2. The van der Waals surface area contributed by atoms with Crippen LogP contribution in [0.15, 0.2) is 24.3 Å². The lowest BCUT2D eigenvalue weighted by molar-refractivity contribution is -0.122. The van der Waals surface area contributed by atoms with Gasteiger partial charge in [0.2, 0.25) is 5.91 Å². The van der Waals surface area contributed by atoms with Gasteiger partial charge in [-0.25, -0.2) is 0 Å². The molecule has 110 valence electrons. The van der Waals surface area contributed by atoms with Crippen molar-refractivity contribution in [3.63, 3.8) is 0 Å². The van der Waals surface area contributed by atoms with Gasteiger partial charge in [0.1, 0.15) is 5.75 Å². The minimum Gasteiger partial charge on any atom is -0.435 e. The molecule has 1 aliphatic rings. The number of ether oxygens (including phenoxy) is 1. The number of rotatable bonds is 5. The van der Waals surface area contributed by atoms with Crippen LogP contribution in [0.5, 0.6) is 5.75 Å². The van der Waals surface area contributed by atoms with Crippen LogP contribution in [0, 0.1) is 0 Å². The molecule has 1 aromatic rings. The third kappa shape index (κ3) is 3.25. The predicted octanol–water partition coefficient (Wildman–Crippen LogP) is 2.76. The Morgan fingerprint density at radius 3 is 2.65 bits per heavy atom. The zero-order chi connectivity index (χ0) is 14.6. The molecule has 1 saturated heterocycles. The van der Waals surface area contributed by atoms with Crippen molar-refractivity contribution in [2.75, 3.05) is 11.9 Å². The molecular formula is C14H18F2N2O2. The molecule has 2 rings (SSSR count). The molecule has 0 aromatic heterocycles. The fourth-order valence-corrected chi connectivity index (χ4v) is 2.43. The number of amides is 1. The third-order valence-electron chi connectivity index (χ3n) is 3.62. The van der Waals surface area contributed by atoms with Crippen molar-refractivity contribution in [3.05, 3.63) is 24.3 Å². The largest absolute Gasteiger partial charge is 0.435 e. The van der Waals surface area contributed by atoms with E-state index in [1.165, 1.54) is 12.1 Å². The highest BCUT2D eigenvalue weighted by Gasteiger charge is 2.38. The van der Waals surface area contributed by atoms with Crippen LogP contribution in [0.3, 0.4) is 0 Å². The van der Waals surface area contributed by atoms with Crippen molar-refractivity contribution < 1.29 is 18.3 Å². The second-order valence-electron chi connectivity index (χ2n) is 4.82. The Morgan fingerprint density at radius 1 is 1.45 bits per heavy atom. The Balaban J connectivity index is 2.00. The van der Waals surface area contributed by atoms with Crippen molar-refractivity contribution in [2.24, 2.45) is 0 Å². The molecule has 1 atom stereocenters. The van der Waals surface area contributed by atoms with Gasteiger partial charge in [-0.15, -0.1) is 0 Å². The number of benzene rings is 1. The smallest absolute Gasteiger partial charge is 0.387 e. The summed E-state index contributed by atoms with van der Waals surface area (Å²) in [6.07, 6.45) is 2.50. The van der Waals surface area contributed by atoms with E-state index < -0.39 is 12.2 Å². The van der Waals surface area contributed by atoms with Crippen LogP contribution in [-0.4, -0.2) is 24.6 Å². The highest BCUT2D eigenvalue weighted by molar-refractivity contribution is 5.98. The van der Waals surface area contributed by atoms with E-state index in [1.807, 2.05) is 6.92 Å². The third-order valence-corrected chi connectivity index (χ3v) is 3.62. The SMILES string of the molecule is CCC1(C(=O)Nc2ccc(OC(F)F)cc2)CCCN1. The summed E-state index contributed by atoms with van der Waals surface area (Å²) in [5.74, 6) is -0.0118. The van der Waals surface area contributed by atoms with E-state index in [0.29, 0.717) is 12.1 Å². The van der Waals surface area contributed by atoms with Crippen molar-refractivity contribution in [1.29, 1.82) is 0 Å². The maximum Gasteiger partial charge on any atom is 0.387 e. The van der Waals surface area contributed by atoms with E-state index >= 15 is 0 Å². The lowest BCUT2D eigenvalue weighted by Crippen LogP contribution is -2.50. The van der Waals surface area contributed by atoms with Crippen LogP contribution < -0.4 is 15.4 Å². The quantitative estimate of drug-likeness (QED) is 0.874. The maximum absolute atomic E-state index is 12.3. The van der Waals surface area contributed by atoms with Crippen LogP contribution in [0.2, 0.25) is 0 Å². The van der Waals surface area contributed by atoms with E-state index in [2.05, 4.69) is 15.4 Å². The highest BCUT2D eigenvalue weighted by Crippen LogP contribution is 2.25. The normalized spacial score (nSPS) is 22.0. The van der Waals surface area contributed by atoms with Gasteiger partial charge in [-0.05, 0) is 50.1 Å². The first-order chi connectivity index (χ1) is 9.55. The minimum absolute atomic E-state index is 0.0715. The molecule has 0 bridgehead atoms. The summed E-state index contributed by atoms with van der Waals surface area (Å²) in [5, 5.41) is 6.05. The minimum atomic E-state index is -2.85. The molecule has 1 amide bonds. The van der Waals surface area contributed by atoms with Crippen LogP contribution >= 0.6 is 0 Å². The van der Waals surface area contributed by atoms with Crippen molar-refractivity contribution in [2.45, 2.75) is 38.3 Å². The van der Waals surface area contributed by atoms with Gasteiger partial charge in [0.05, 0.1) is 5.54 Å². The van der Waals surface area contributed by atoms with Crippen molar-refractivity contribution in [3.8, 4) is 5.75 Å². The first-order valence-corrected chi connectivity index (χ1v) is 6.67. The molecular weight excluding hydrogens is 266 g/mol. The van der Waals surface area contributed by atoms with Crippen molar-refractivity contribution in [1.82, 2.24) is 5.32 Å². The Morgan fingerprint density at radius 2 is 2.15 bits per heavy atom. The van der Waals surface area contributed by atoms with Crippen LogP contribution in [0.1, 0.15) is 26.2 Å². The predicted molar refractivity (Wildman–Crippen MR) is 72.0 cm³/mol. The molecule has 4 nitrogen and oxygen atoms in total. The molecule has 1 aromatic carbocycles. The number of carbonyl (C=O) groups is 1. The molecule has 2 N–H and O–H groups in total. The Bertz CT molecular complexity index is 457. The molecule has 0 aliphatic carbocycles. The zero-order valence-electron chi connectivity index (χ0n) is 11.3. The van der Waals surface area contributed by atoms with E-state index in [-0.39, 0.29) is 11.7 Å². The first kappa shape index (κ1) is 14.7. The lowest BCUT2D eigenvalue weighted by atomic mass is 9.93. The molecule has 1 heterocycles. The van der Waals surface area contributed by atoms with Crippen molar-refractivity contribution >= 4 is 11.6 Å². The van der Waals surface area contributed by atoms with Gasteiger partial charge in [-0.3, -0.25) is 4.79 Å². The second kappa shape index (κ2) is 6.17. The van der Waals surface area contributed by atoms with Gasteiger partial charge < -0.3 is 15.4 Å². The zero-order valence-corrected chi connectivity index (χ0v) is 11.3. The molecule has 0 radical (unpaired) electrons. The van der Waals surface area contributed by atoms with Crippen LogP contribution in [0.25, 0.3) is 0 Å². The van der Waals surface area contributed by atoms with Gasteiger partial charge in [-0.2, -0.15) is 8.78 Å². The molecule has 0 spiro atoms. The summed E-state index contributed by atoms with van der Waals surface area (Å²) < 4.78 is 28.3. The number of anilines is 1. The summed E-state index contributed by atoms with van der Waals surface area (Å²) in [6.45, 7) is -0.0404. The van der Waals surface area contributed by atoms with E-state index in [9.17, 15) is 13.6 Å². The summed E-state index contributed by atoms with van der Waals surface area (Å²) >= 11 is 0. The molecule has 1 aliphatic heterocycles. The fourth-order valence-electron chi connectivity index (χ4n) is 2.43. The Hall–Kier alpha value is -1.69. The number of hydrogen-bond acceptors (Lipinski definition) is 3. The second-order valence-corrected chi connectivity index (χ2v) is 4.82. The lowest BCUT2D eigenvalue weighted by Gasteiger charge is -2.26. The number of carbonyl (C=O) groups excluding carboxylic acids is 1. The average molecular weight is 284 g/mol.